The monoisotopic (exact) mass is 312 g/mol. The van der Waals surface area contributed by atoms with Crippen LogP contribution in [0.3, 0.4) is 0 Å². The van der Waals surface area contributed by atoms with E-state index >= 15 is 0 Å². The van der Waals surface area contributed by atoms with Crippen LogP contribution >= 0.6 is 11.6 Å². The van der Waals surface area contributed by atoms with E-state index in [2.05, 4.69) is 10.2 Å². The molecule has 0 spiro atoms. The van der Waals surface area contributed by atoms with Crippen LogP contribution in [0.1, 0.15) is 11.6 Å². The van der Waals surface area contributed by atoms with Crippen LogP contribution in [0.5, 0.6) is 0 Å². The highest BCUT2D eigenvalue weighted by atomic mass is 35.5. The van der Waals surface area contributed by atoms with E-state index in [9.17, 15) is 8.42 Å². The van der Waals surface area contributed by atoms with Gasteiger partial charge in [-0.05, 0) is 19.1 Å². The van der Waals surface area contributed by atoms with Crippen molar-refractivity contribution in [1.29, 1.82) is 0 Å². The van der Waals surface area contributed by atoms with Gasteiger partial charge in [0.05, 0.1) is 11.6 Å². The average molecular weight is 313 g/mol. The molecule has 2 heterocycles. The molecule has 0 unspecified atom stereocenters. The lowest BCUT2D eigenvalue weighted by atomic mass is 10.4. The Morgan fingerprint density at radius 2 is 1.95 bits per heavy atom. The molecule has 0 N–H and O–H groups in total. The highest BCUT2D eigenvalue weighted by molar-refractivity contribution is 7.89. The number of aryl methyl sites for hydroxylation is 1. The Balaban J connectivity index is 1.97. The topological polar surface area (TPSA) is 68.1 Å². The molecule has 2 aromatic rings. The SMILES string of the molecule is Cc1nnc2n1CCN(S(=O)(=O)c1ccccc1Cl)C2. The number of aromatic nitrogens is 3. The van der Waals surface area contributed by atoms with Crippen molar-refractivity contribution >= 4 is 21.6 Å². The molecule has 20 heavy (non-hydrogen) atoms. The predicted octanol–water partition coefficient (Wildman–Crippen LogP) is 1.44. The Morgan fingerprint density at radius 3 is 2.70 bits per heavy atom. The largest absolute Gasteiger partial charge is 0.313 e. The number of fused-ring (bicyclic) bond motifs is 1. The zero-order chi connectivity index (χ0) is 14.3. The van der Waals surface area contributed by atoms with Crippen LogP contribution < -0.4 is 0 Å². The predicted molar refractivity (Wildman–Crippen MR) is 73.8 cm³/mol. The van der Waals surface area contributed by atoms with Crippen molar-refractivity contribution in [1.82, 2.24) is 19.1 Å². The maximum atomic E-state index is 12.6. The van der Waals surface area contributed by atoms with Gasteiger partial charge in [0, 0.05) is 13.1 Å². The van der Waals surface area contributed by atoms with Gasteiger partial charge in [0.1, 0.15) is 16.5 Å². The van der Waals surface area contributed by atoms with Gasteiger partial charge in [0.25, 0.3) is 0 Å². The molecule has 1 aliphatic rings. The van der Waals surface area contributed by atoms with Crippen LogP contribution in [0.2, 0.25) is 5.02 Å². The molecule has 0 fully saturated rings. The third-order valence-electron chi connectivity index (χ3n) is 3.36. The maximum absolute atomic E-state index is 12.6. The Hall–Kier alpha value is -1.44. The first kappa shape index (κ1) is 13.5. The Kier molecular flexibility index (Phi) is 3.27. The van der Waals surface area contributed by atoms with Crippen molar-refractivity contribution < 1.29 is 8.42 Å². The zero-order valence-corrected chi connectivity index (χ0v) is 12.4. The third kappa shape index (κ3) is 2.11. The Bertz CT molecular complexity index is 757. The summed E-state index contributed by atoms with van der Waals surface area (Å²) < 4.78 is 28.5. The molecule has 0 aliphatic carbocycles. The van der Waals surface area contributed by atoms with Gasteiger partial charge in [-0.25, -0.2) is 8.42 Å². The maximum Gasteiger partial charge on any atom is 0.245 e. The van der Waals surface area contributed by atoms with E-state index in [4.69, 9.17) is 11.6 Å². The smallest absolute Gasteiger partial charge is 0.245 e. The van der Waals surface area contributed by atoms with Gasteiger partial charge in [-0.3, -0.25) is 0 Å². The first-order valence-electron chi connectivity index (χ1n) is 6.13. The van der Waals surface area contributed by atoms with Crippen molar-refractivity contribution in [3.8, 4) is 0 Å². The second-order valence-electron chi connectivity index (χ2n) is 4.58. The summed E-state index contributed by atoms with van der Waals surface area (Å²) in [5.74, 6) is 1.46. The number of nitrogens with zero attached hydrogens (tertiary/aromatic N) is 4. The van der Waals surface area contributed by atoms with Crippen LogP contribution in [0.25, 0.3) is 0 Å². The van der Waals surface area contributed by atoms with Gasteiger partial charge < -0.3 is 4.57 Å². The van der Waals surface area contributed by atoms with Gasteiger partial charge in [-0.1, -0.05) is 23.7 Å². The average Bonchev–Trinajstić information content (AvgIpc) is 2.80. The summed E-state index contributed by atoms with van der Waals surface area (Å²) in [4.78, 5) is 0.131. The minimum atomic E-state index is -3.61. The minimum Gasteiger partial charge on any atom is -0.313 e. The number of hydrogen-bond donors (Lipinski definition) is 0. The molecular weight excluding hydrogens is 300 g/mol. The summed E-state index contributed by atoms with van der Waals surface area (Å²) in [6, 6.07) is 6.46. The van der Waals surface area contributed by atoms with Crippen LogP contribution in [0.15, 0.2) is 29.2 Å². The lowest BCUT2D eigenvalue weighted by Crippen LogP contribution is -2.38. The van der Waals surface area contributed by atoms with Crippen molar-refractivity contribution in [2.24, 2.45) is 0 Å². The Labute approximate surface area is 122 Å². The van der Waals surface area contributed by atoms with Crippen molar-refractivity contribution in [2.75, 3.05) is 6.54 Å². The van der Waals surface area contributed by atoms with Gasteiger partial charge in [-0.2, -0.15) is 4.31 Å². The molecule has 0 atom stereocenters. The second kappa shape index (κ2) is 4.83. The molecule has 0 saturated heterocycles. The van der Waals surface area contributed by atoms with E-state index < -0.39 is 10.0 Å². The molecule has 0 amide bonds. The standard InChI is InChI=1S/C12H13ClN4O2S/c1-9-14-15-12-8-16(6-7-17(9)12)20(18,19)11-5-3-2-4-10(11)13/h2-5H,6-8H2,1H3. The normalized spacial score (nSPS) is 16.1. The van der Waals surface area contributed by atoms with E-state index in [1.807, 2.05) is 11.5 Å². The fourth-order valence-electron chi connectivity index (χ4n) is 2.28. The number of rotatable bonds is 2. The first-order chi connectivity index (χ1) is 9.50. The fraction of sp³-hybridized carbons (Fsp3) is 0.333. The number of sulfonamides is 1. The third-order valence-corrected chi connectivity index (χ3v) is 5.70. The number of halogens is 1. The van der Waals surface area contributed by atoms with Crippen LogP contribution in [-0.4, -0.2) is 34.0 Å². The highest BCUT2D eigenvalue weighted by Gasteiger charge is 2.31. The molecule has 8 heteroatoms. The second-order valence-corrected chi connectivity index (χ2v) is 6.90. The van der Waals surface area contributed by atoms with Crippen LogP contribution in [0, 0.1) is 6.92 Å². The molecule has 1 aromatic heterocycles. The summed E-state index contributed by atoms with van der Waals surface area (Å²) in [5.41, 5.74) is 0. The quantitative estimate of drug-likeness (QED) is 0.841. The lowest BCUT2D eigenvalue weighted by Gasteiger charge is -2.27. The minimum absolute atomic E-state index is 0.131. The summed E-state index contributed by atoms with van der Waals surface area (Å²) in [7, 11) is -3.61. The van der Waals surface area contributed by atoms with Gasteiger partial charge >= 0.3 is 0 Å². The molecule has 6 nitrogen and oxygen atoms in total. The first-order valence-corrected chi connectivity index (χ1v) is 7.95. The van der Waals surface area contributed by atoms with Gasteiger partial charge in [-0.15, -0.1) is 10.2 Å². The molecule has 106 valence electrons. The van der Waals surface area contributed by atoms with E-state index in [1.165, 1.54) is 10.4 Å². The van der Waals surface area contributed by atoms with Crippen LogP contribution in [0.4, 0.5) is 0 Å². The summed E-state index contributed by atoms with van der Waals surface area (Å²) in [5, 5.41) is 8.21. The summed E-state index contributed by atoms with van der Waals surface area (Å²) in [6.45, 7) is 3.01. The van der Waals surface area contributed by atoms with Gasteiger partial charge in [0.2, 0.25) is 10.0 Å². The molecule has 3 rings (SSSR count). The molecule has 0 saturated carbocycles. The van der Waals surface area contributed by atoms with Crippen molar-refractivity contribution in [3.05, 3.63) is 40.9 Å². The van der Waals surface area contributed by atoms with E-state index in [-0.39, 0.29) is 16.5 Å². The van der Waals surface area contributed by atoms with Crippen molar-refractivity contribution in [3.63, 3.8) is 0 Å². The summed E-state index contributed by atoms with van der Waals surface area (Å²) in [6.07, 6.45) is 0. The number of benzene rings is 1. The molecule has 0 radical (unpaired) electrons. The fourth-order valence-corrected chi connectivity index (χ4v) is 4.16. The molecular formula is C12H13ClN4O2S. The van der Waals surface area contributed by atoms with E-state index in [1.54, 1.807) is 18.2 Å². The zero-order valence-electron chi connectivity index (χ0n) is 10.8. The van der Waals surface area contributed by atoms with Crippen LogP contribution in [-0.2, 0) is 23.1 Å². The molecule has 1 aromatic carbocycles. The van der Waals surface area contributed by atoms with E-state index in [0.717, 1.165) is 5.82 Å². The van der Waals surface area contributed by atoms with Gasteiger partial charge in [0.15, 0.2) is 0 Å². The van der Waals surface area contributed by atoms with E-state index in [0.29, 0.717) is 18.9 Å². The lowest BCUT2D eigenvalue weighted by molar-refractivity contribution is 0.333. The number of hydrogen-bond acceptors (Lipinski definition) is 4. The van der Waals surface area contributed by atoms with Crippen molar-refractivity contribution in [2.45, 2.75) is 24.9 Å². The Morgan fingerprint density at radius 1 is 1.20 bits per heavy atom. The highest BCUT2D eigenvalue weighted by Crippen LogP contribution is 2.26. The summed E-state index contributed by atoms with van der Waals surface area (Å²) >= 11 is 5.99. The molecule has 1 aliphatic heterocycles. The molecule has 0 bridgehead atoms.